The van der Waals surface area contributed by atoms with E-state index in [2.05, 4.69) is 4.98 Å². The maximum atomic E-state index is 10.7. The van der Waals surface area contributed by atoms with Crippen molar-refractivity contribution in [1.82, 2.24) is 4.98 Å². The first-order chi connectivity index (χ1) is 9.24. The standard InChI is InChI=1S/C15H16N2O2/c16-15(18)8-5-12-3-6-14(7-4-12)19-11-13-2-1-9-17-10-13/h1-4,6-7,9-10H,5,8,11H2,(H2,16,18). The van der Waals surface area contributed by atoms with Crippen molar-refractivity contribution in [2.45, 2.75) is 19.4 Å². The van der Waals surface area contributed by atoms with Crippen molar-refractivity contribution in [3.63, 3.8) is 0 Å². The molecule has 2 N–H and O–H groups in total. The third-order valence-corrected chi connectivity index (χ3v) is 2.71. The van der Waals surface area contributed by atoms with Crippen molar-refractivity contribution in [3.05, 3.63) is 59.9 Å². The fourth-order valence-electron chi connectivity index (χ4n) is 1.67. The van der Waals surface area contributed by atoms with Crippen molar-refractivity contribution in [2.75, 3.05) is 0 Å². The first kappa shape index (κ1) is 13.1. The SMILES string of the molecule is NC(=O)CCc1ccc(OCc2cccnc2)cc1. The number of aromatic nitrogens is 1. The predicted octanol–water partition coefficient (Wildman–Crippen LogP) is 2.08. The quantitative estimate of drug-likeness (QED) is 0.860. The zero-order chi connectivity index (χ0) is 13.5. The zero-order valence-corrected chi connectivity index (χ0v) is 10.6. The molecule has 19 heavy (non-hydrogen) atoms. The fourth-order valence-corrected chi connectivity index (χ4v) is 1.67. The topological polar surface area (TPSA) is 65.2 Å². The molecule has 0 saturated carbocycles. The van der Waals surface area contributed by atoms with Crippen LogP contribution in [0.2, 0.25) is 0 Å². The van der Waals surface area contributed by atoms with Crippen molar-refractivity contribution in [2.24, 2.45) is 5.73 Å². The average Bonchev–Trinajstić information content (AvgIpc) is 2.45. The van der Waals surface area contributed by atoms with E-state index in [0.717, 1.165) is 16.9 Å². The molecule has 0 spiro atoms. The van der Waals surface area contributed by atoms with Crippen LogP contribution in [0.1, 0.15) is 17.5 Å². The van der Waals surface area contributed by atoms with Gasteiger partial charge in [0, 0.05) is 24.4 Å². The zero-order valence-electron chi connectivity index (χ0n) is 10.6. The first-order valence-corrected chi connectivity index (χ1v) is 6.13. The van der Waals surface area contributed by atoms with Gasteiger partial charge in [0.2, 0.25) is 5.91 Å². The van der Waals surface area contributed by atoms with Gasteiger partial charge in [-0.3, -0.25) is 9.78 Å². The summed E-state index contributed by atoms with van der Waals surface area (Å²) in [5, 5.41) is 0. The van der Waals surface area contributed by atoms with Crippen LogP contribution >= 0.6 is 0 Å². The number of primary amides is 1. The number of hydrogen-bond acceptors (Lipinski definition) is 3. The van der Waals surface area contributed by atoms with E-state index in [1.807, 2.05) is 36.4 Å². The summed E-state index contributed by atoms with van der Waals surface area (Å²) in [5.74, 6) is 0.517. The van der Waals surface area contributed by atoms with Gasteiger partial charge in [-0.05, 0) is 30.2 Å². The van der Waals surface area contributed by atoms with Crippen LogP contribution in [0.15, 0.2) is 48.8 Å². The van der Waals surface area contributed by atoms with Gasteiger partial charge in [0.15, 0.2) is 0 Å². The van der Waals surface area contributed by atoms with Crippen LogP contribution in [0.4, 0.5) is 0 Å². The minimum Gasteiger partial charge on any atom is -0.489 e. The maximum absolute atomic E-state index is 10.7. The molecule has 0 fully saturated rings. The third-order valence-electron chi connectivity index (χ3n) is 2.71. The Balaban J connectivity index is 1.86. The fraction of sp³-hybridized carbons (Fsp3) is 0.200. The smallest absolute Gasteiger partial charge is 0.217 e. The summed E-state index contributed by atoms with van der Waals surface area (Å²) in [6.45, 7) is 0.495. The number of rotatable bonds is 6. The van der Waals surface area contributed by atoms with Crippen molar-refractivity contribution in [3.8, 4) is 5.75 Å². The van der Waals surface area contributed by atoms with E-state index in [9.17, 15) is 4.79 Å². The van der Waals surface area contributed by atoms with Crippen molar-refractivity contribution >= 4 is 5.91 Å². The Hall–Kier alpha value is -2.36. The minimum absolute atomic E-state index is 0.281. The van der Waals surface area contributed by atoms with Gasteiger partial charge in [-0.25, -0.2) is 0 Å². The van der Waals surface area contributed by atoms with E-state index in [-0.39, 0.29) is 5.91 Å². The minimum atomic E-state index is -0.281. The molecule has 2 rings (SSSR count). The Labute approximate surface area is 112 Å². The second-order valence-electron chi connectivity index (χ2n) is 4.26. The molecule has 0 aliphatic rings. The van der Waals surface area contributed by atoms with E-state index in [4.69, 9.17) is 10.5 Å². The molecule has 98 valence electrons. The Morgan fingerprint density at radius 1 is 1.16 bits per heavy atom. The summed E-state index contributed by atoms with van der Waals surface area (Å²) < 4.78 is 5.64. The molecule has 0 saturated heterocycles. The van der Waals surface area contributed by atoms with Gasteiger partial charge in [0.1, 0.15) is 12.4 Å². The van der Waals surface area contributed by atoms with E-state index in [1.54, 1.807) is 12.4 Å². The van der Waals surface area contributed by atoms with Crippen LogP contribution in [-0.2, 0) is 17.8 Å². The lowest BCUT2D eigenvalue weighted by Crippen LogP contribution is -2.11. The van der Waals surface area contributed by atoms with Crippen LogP contribution in [0.3, 0.4) is 0 Å². The van der Waals surface area contributed by atoms with E-state index >= 15 is 0 Å². The number of aryl methyl sites for hydroxylation is 1. The van der Waals surface area contributed by atoms with Gasteiger partial charge in [-0.2, -0.15) is 0 Å². The lowest BCUT2D eigenvalue weighted by atomic mass is 10.1. The maximum Gasteiger partial charge on any atom is 0.217 e. The molecule has 0 bridgehead atoms. The molecule has 1 heterocycles. The number of ether oxygens (including phenoxy) is 1. The van der Waals surface area contributed by atoms with Crippen molar-refractivity contribution < 1.29 is 9.53 Å². The molecule has 2 aromatic rings. The summed E-state index contributed by atoms with van der Waals surface area (Å²) >= 11 is 0. The number of nitrogens with two attached hydrogens (primary N) is 1. The summed E-state index contributed by atoms with van der Waals surface area (Å²) in [6, 6.07) is 11.5. The second kappa shape index (κ2) is 6.54. The van der Waals surface area contributed by atoms with Crippen LogP contribution in [-0.4, -0.2) is 10.9 Å². The van der Waals surface area contributed by atoms with Gasteiger partial charge in [0.25, 0.3) is 0 Å². The molecule has 0 unspecified atom stereocenters. The number of hydrogen-bond donors (Lipinski definition) is 1. The first-order valence-electron chi connectivity index (χ1n) is 6.13. The van der Waals surface area contributed by atoms with Gasteiger partial charge in [0.05, 0.1) is 0 Å². The number of benzene rings is 1. The van der Waals surface area contributed by atoms with E-state index < -0.39 is 0 Å². The third kappa shape index (κ3) is 4.43. The molecule has 1 amide bonds. The van der Waals surface area contributed by atoms with Crippen LogP contribution in [0.25, 0.3) is 0 Å². The molecule has 0 atom stereocenters. The van der Waals surface area contributed by atoms with E-state index in [0.29, 0.717) is 19.4 Å². The number of amides is 1. The Morgan fingerprint density at radius 3 is 2.58 bits per heavy atom. The highest BCUT2D eigenvalue weighted by molar-refractivity contribution is 5.74. The summed E-state index contributed by atoms with van der Waals surface area (Å²) in [6.07, 6.45) is 4.55. The summed E-state index contributed by atoms with van der Waals surface area (Å²) in [7, 11) is 0. The molecule has 0 aliphatic heterocycles. The molecule has 4 nitrogen and oxygen atoms in total. The molecule has 4 heteroatoms. The number of carbonyl (C=O) groups excluding carboxylic acids is 1. The Kier molecular flexibility index (Phi) is 4.50. The Morgan fingerprint density at radius 2 is 1.95 bits per heavy atom. The summed E-state index contributed by atoms with van der Waals surface area (Å²) in [5.41, 5.74) is 7.22. The largest absolute Gasteiger partial charge is 0.489 e. The van der Waals surface area contributed by atoms with Gasteiger partial charge >= 0.3 is 0 Å². The molecule has 0 radical (unpaired) electrons. The lowest BCUT2D eigenvalue weighted by molar-refractivity contribution is -0.117. The van der Waals surface area contributed by atoms with E-state index in [1.165, 1.54) is 0 Å². The van der Waals surface area contributed by atoms with Gasteiger partial charge in [-0.15, -0.1) is 0 Å². The molecular formula is C15H16N2O2. The summed E-state index contributed by atoms with van der Waals surface area (Å²) in [4.78, 5) is 14.7. The van der Waals surface area contributed by atoms with Gasteiger partial charge < -0.3 is 10.5 Å². The predicted molar refractivity (Wildman–Crippen MR) is 72.5 cm³/mol. The monoisotopic (exact) mass is 256 g/mol. The second-order valence-corrected chi connectivity index (χ2v) is 4.26. The highest BCUT2D eigenvalue weighted by Gasteiger charge is 1.99. The molecule has 0 aliphatic carbocycles. The highest BCUT2D eigenvalue weighted by Crippen LogP contribution is 2.14. The molecule has 1 aromatic carbocycles. The van der Waals surface area contributed by atoms with Crippen LogP contribution in [0, 0.1) is 0 Å². The highest BCUT2D eigenvalue weighted by atomic mass is 16.5. The van der Waals surface area contributed by atoms with Crippen molar-refractivity contribution in [1.29, 1.82) is 0 Å². The normalized spacial score (nSPS) is 10.1. The number of carbonyl (C=O) groups is 1. The van der Waals surface area contributed by atoms with Crippen LogP contribution < -0.4 is 10.5 Å². The Bertz CT molecular complexity index is 524. The van der Waals surface area contributed by atoms with Crippen LogP contribution in [0.5, 0.6) is 5.75 Å². The van der Waals surface area contributed by atoms with Gasteiger partial charge in [-0.1, -0.05) is 18.2 Å². The number of pyridine rings is 1. The average molecular weight is 256 g/mol. The number of nitrogens with zero attached hydrogens (tertiary/aromatic N) is 1. The molecular weight excluding hydrogens is 240 g/mol. The lowest BCUT2D eigenvalue weighted by Gasteiger charge is -2.06. The molecule has 1 aromatic heterocycles.